The van der Waals surface area contributed by atoms with Gasteiger partial charge in [0.1, 0.15) is 6.67 Å². The number of para-hydroxylation sites is 1. The van der Waals surface area contributed by atoms with Crippen molar-refractivity contribution in [3.8, 4) is 0 Å². The van der Waals surface area contributed by atoms with Gasteiger partial charge in [0.25, 0.3) is 0 Å². The molecular formula is C22H17N3. The molecule has 3 nitrogen and oxygen atoms in total. The zero-order chi connectivity index (χ0) is 16.6. The van der Waals surface area contributed by atoms with E-state index in [4.69, 9.17) is 0 Å². The van der Waals surface area contributed by atoms with Crippen LogP contribution in [0.25, 0.3) is 21.5 Å². The molecule has 4 aromatic rings. The first-order valence-corrected chi connectivity index (χ1v) is 8.43. The van der Waals surface area contributed by atoms with Gasteiger partial charge in [0, 0.05) is 11.8 Å². The molecule has 0 aliphatic carbocycles. The number of hydrazine groups is 1. The van der Waals surface area contributed by atoms with Crippen LogP contribution >= 0.6 is 0 Å². The van der Waals surface area contributed by atoms with Gasteiger partial charge in [-0.25, -0.2) is 0 Å². The molecule has 0 bridgehead atoms. The Labute approximate surface area is 146 Å². The third-order valence-electron chi connectivity index (χ3n) is 4.68. The second kappa shape index (κ2) is 5.64. The van der Waals surface area contributed by atoms with Crippen molar-refractivity contribution in [2.75, 3.05) is 17.1 Å². The molecule has 0 atom stereocenters. The molecule has 0 saturated heterocycles. The van der Waals surface area contributed by atoms with Gasteiger partial charge < -0.3 is 0 Å². The molecule has 0 spiro atoms. The van der Waals surface area contributed by atoms with Crippen molar-refractivity contribution >= 4 is 39.1 Å². The SMILES string of the molecule is C1=NCN(Nc2ccccc2)c2ccc3cc4ccccc4cc3c21. The van der Waals surface area contributed by atoms with E-state index in [0.717, 1.165) is 16.9 Å². The Kier molecular flexibility index (Phi) is 3.17. The topological polar surface area (TPSA) is 27.6 Å². The summed E-state index contributed by atoms with van der Waals surface area (Å²) in [4.78, 5) is 4.56. The van der Waals surface area contributed by atoms with Crippen molar-refractivity contribution in [3.63, 3.8) is 0 Å². The van der Waals surface area contributed by atoms with Gasteiger partial charge >= 0.3 is 0 Å². The van der Waals surface area contributed by atoms with Gasteiger partial charge in [-0.05, 0) is 51.9 Å². The van der Waals surface area contributed by atoms with Gasteiger partial charge in [0.05, 0.1) is 11.4 Å². The normalized spacial score (nSPS) is 13.2. The van der Waals surface area contributed by atoms with E-state index in [1.807, 2.05) is 24.4 Å². The summed E-state index contributed by atoms with van der Waals surface area (Å²) in [5.41, 5.74) is 6.84. The summed E-state index contributed by atoms with van der Waals surface area (Å²) >= 11 is 0. The van der Waals surface area contributed by atoms with Gasteiger partial charge in [-0.2, -0.15) is 0 Å². The smallest absolute Gasteiger partial charge is 0.129 e. The molecule has 4 aromatic carbocycles. The van der Waals surface area contributed by atoms with Crippen LogP contribution in [-0.4, -0.2) is 12.9 Å². The Bertz CT molecular complexity index is 1100. The number of benzene rings is 4. The summed E-state index contributed by atoms with van der Waals surface area (Å²) in [7, 11) is 0. The molecule has 120 valence electrons. The second-order valence-corrected chi connectivity index (χ2v) is 6.28. The van der Waals surface area contributed by atoms with Crippen LogP contribution in [0.5, 0.6) is 0 Å². The van der Waals surface area contributed by atoms with Crippen molar-refractivity contribution in [2.24, 2.45) is 4.99 Å². The Morgan fingerprint density at radius 1 is 0.760 bits per heavy atom. The number of nitrogens with zero attached hydrogens (tertiary/aromatic N) is 2. The summed E-state index contributed by atoms with van der Waals surface area (Å²) in [5.74, 6) is 0. The Balaban J connectivity index is 1.65. The minimum Gasteiger partial charge on any atom is -0.297 e. The van der Waals surface area contributed by atoms with Crippen LogP contribution in [0.3, 0.4) is 0 Å². The van der Waals surface area contributed by atoms with Crippen molar-refractivity contribution in [2.45, 2.75) is 0 Å². The zero-order valence-electron chi connectivity index (χ0n) is 13.7. The lowest BCUT2D eigenvalue weighted by Crippen LogP contribution is -2.33. The van der Waals surface area contributed by atoms with Crippen molar-refractivity contribution in [3.05, 3.63) is 84.4 Å². The molecule has 0 amide bonds. The lowest BCUT2D eigenvalue weighted by molar-refractivity contribution is 0.909. The van der Waals surface area contributed by atoms with Crippen molar-refractivity contribution in [1.82, 2.24) is 0 Å². The average molecular weight is 323 g/mol. The van der Waals surface area contributed by atoms with Crippen molar-refractivity contribution in [1.29, 1.82) is 0 Å². The summed E-state index contributed by atoms with van der Waals surface area (Å²) < 4.78 is 0. The monoisotopic (exact) mass is 323 g/mol. The molecule has 1 N–H and O–H groups in total. The summed E-state index contributed by atoms with van der Waals surface area (Å²) in [5, 5.41) is 7.09. The molecule has 5 rings (SSSR count). The third-order valence-corrected chi connectivity index (χ3v) is 4.68. The maximum absolute atomic E-state index is 4.56. The van der Waals surface area contributed by atoms with E-state index in [-0.39, 0.29) is 0 Å². The Morgan fingerprint density at radius 2 is 1.52 bits per heavy atom. The second-order valence-electron chi connectivity index (χ2n) is 6.28. The van der Waals surface area contributed by atoms with Crippen LogP contribution in [0.4, 0.5) is 11.4 Å². The number of anilines is 2. The van der Waals surface area contributed by atoms with Crippen LogP contribution in [0.1, 0.15) is 5.56 Å². The van der Waals surface area contributed by atoms with Gasteiger partial charge in [0.15, 0.2) is 0 Å². The highest BCUT2D eigenvalue weighted by Gasteiger charge is 2.16. The van der Waals surface area contributed by atoms with Crippen LogP contribution in [-0.2, 0) is 0 Å². The Morgan fingerprint density at radius 3 is 2.36 bits per heavy atom. The van der Waals surface area contributed by atoms with Crippen molar-refractivity contribution < 1.29 is 0 Å². The highest BCUT2D eigenvalue weighted by atomic mass is 15.5. The molecule has 1 heterocycles. The molecule has 0 saturated carbocycles. The first-order chi connectivity index (χ1) is 12.4. The number of hydrogen-bond donors (Lipinski definition) is 1. The molecule has 0 radical (unpaired) electrons. The first-order valence-electron chi connectivity index (χ1n) is 8.43. The van der Waals surface area contributed by atoms with Crippen LogP contribution in [0.15, 0.2) is 83.9 Å². The number of nitrogens with one attached hydrogen (secondary N) is 1. The summed E-state index contributed by atoms with van der Waals surface area (Å²) in [6.45, 7) is 0.598. The minimum atomic E-state index is 0.598. The number of hydrogen-bond acceptors (Lipinski definition) is 3. The average Bonchev–Trinajstić information content (AvgIpc) is 2.67. The molecule has 1 aliphatic heterocycles. The fourth-order valence-corrected chi connectivity index (χ4v) is 3.45. The predicted octanol–water partition coefficient (Wildman–Crippen LogP) is 5.22. The van der Waals surface area contributed by atoms with E-state index in [9.17, 15) is 0 Å². The summed E-state index contributed by atoms with van der Waals surface area (Å²) in [6, 6.07) is 27.6. The van der Waals surface area contributed by atoms with Crippen LogP contribution < -0.4 is 10.4 Å². The first kappa shape index (κ1) is 14.1. The van der Waals surface area contributed by atoms with E-state index < -0.39 is 0 Å². The maximum Gasteiger partial charge on any atom is 0.129 e. The van der Waals surface area contributed by atoms with E-state index >= 15 is 0 Å². The molecule has 0 fully saturated rings. The maximum atomic E-state index is 4.56. The molecular weight excluding hydrogens is 306 g/mol. The van der Waals surface area contributed by atoms with Gasteiger partial charge in [-0.3, -0.25) is 15.4 Å². The largest absolute Gasteiger partial charge is 0.297 e. The van der Waals surface area contributed by atoms with Gasteiger partial charge in [-0.15, -0.1) is 0 Å². The standard InChI is InChI=1S/C22H17N3/c1-2-8-19(9-3-1)24-25-15-23-14-21-20-13-17-7-5-4-6-16(17)12-18(20)10-11-22(21)25/h1-14,24H,15H2. The lowest BCUT2D eigenvalue weighted by Gasteiger charge is -2.29. The highest BCUT2D eigenvalue weighted by Crippen LogP contribution is 2.32. The van der Waals surface area contributed by atoms with E-state index in [1.165, 1.54) is 21.5 Å². The van der Waals surface area contributed by atoms with Gasteiger partial charge in [-0.1, -0.05) is 48.5 Å². The molecule has 1 aliphatic rings. The molecule has 0 unspecified atom stereocenters. The molecule has 0 aromatic heterocycles. The highest BCUT2D eigenvalue weighted by molar-refractivity contribution is 6.10. The predicted molar refractivity (Wildman–Crippen MR) is 106 cm³/mol. The number of aliphatic imine (C=N–C) groups is 1. The zero-order valence-corrected chi connectivity index (χ0v) is 13.7. The van der Waals surface area contributed by atoms with E-state index in [0.29, 0.717) is 6.67 Å². The molecule has 25 heavy (non-hydrogen) atoms. The summed E-state index contributed by atoms with van der Waals surface area (Å²) in [6.07, 6.45) is 2.00. The van der Waals surface area contributed by atoms with Crippen LogP contribution in [0.2, 0.25) is 0 Å². The number of fused-ring (bicyclic) bond motifs is 4. The third kappa shape index (κ3) is 2.41. The Hall–Kier alpha value is -3.33. The lowest BCUT2D eigenvalue weighted by atomic mass is 9.98. The van der Waals surface area contributed by atoms with E-state index in [2.05, 4.69) is 76.1 Å². The molecule has 3 heteroatoms. The van der Waals surface area contributed by atoms with Crippen LogP contribution in [0, 0.1) is 0 Å². The number of rotatable bonds is 2. The quantitative estimate of drug-likeness (QED) is 0.512. The fourth-order valence-electron chi connectivity index (χ4n) is 3.45. The van der Waals surface area contributed by atoms with E-state index in [1.54, 1.807) is 0 Å². The van der Waals surface area contributed by atoms with Gasteiger partial charge in [0.2, 0.25) is 0 Å². The minimum absolute atomic E-state index is 0.598. The fraction of sp³-hybridized carbons (Fsp3) is 0.0455.